The molecule has 0 radical (unpaired) electrons. The normalized spacial score (nSPS) is 10.2. The number of benzene rings is 1. The molecule has 0 aliphatic heterocycles. The van der Waals surface area contributed by atoms with Crippen LogP contribution in [0.1, 0.15) is 24.2 Å². The van der Waals surface area contributed by atoms with Crippen LogP contribution >= 0.6 is 11.6 Å². The van der Waals surface area contributed by atoms with Crippen molar-refractivity contribution >= 4 is 30.1 Å². The molecule has 0 saturated heterocycles. The fraction of sp³-hybridized carbons (Fsp3) is 0.364. The molecule has 0 heterocycles. The maximum absolute atomic E-state index is 12.0. The minimum absolute atomic E-state index is 0.167. The van der Waals surface area contributed by atoms with Gasteiger partial charge in [-0.25, -0.2) is 0 Å². The van der Waals surface area contributed by atoms with Gasteiger partial charge in [-0.05, 0) is 37.5 Å². The van der Waals surface area contributed by atoms with E-state index in [9.17, 15) is 4.79 Å². The smallest absolute Gasteiger partial charge is 0.423 e. The minimum atomic E-state index is -1.63. The molecule has 0 fully saturated rings. The Hall–Kier alpha value is -1.04. The van der Waals surface area contributed by atoms with Crippen LogP contribution in [0, 0.1) is 0 Å². The Bertz CT molecular complexity index is 408. The number of hydrogen-bond acceptors (Lipinski definition) is 3. The molecule has 0 aromatic heterocycles. The van der Waals surface area contributed by atoms with Crippen molar-refractivity contribution in [2.24, 2.45) is 0 Å². The third kappa shape index (κ3) is 3.46. The molecule has 4 nitrogen and oxygen atoms in total. The fourth-order valence-corrected chi connectivity index (χ4v) is 1.82. The number of halogens is 1. The summed E-state index contributed by atoms with van der Waals surface area (Å²) in [7, 11) is -1.63. The molecule has 0 aliphatic carbocycles. The van der Waals surface area contributed by atoms with E-state index < -0.39 is 7.12 Å². The molecule has 1 aromatic carbocycles. The van der Waals surface area contributed by atoms with Crippen LogP contribution in [0.4, 0.5) is 0 Å². The molecule has 0 spiro atoms. The average Bonchev–Trinajstić information content (AvgIpc) is 2.29. The lowest BCUT2D eigenvalue weighted by Gasteiger charge is -2.19. The van der Waals surface area contributed by atoms with Crippen LogP contribution in [-0.4, -0.2) is 41.1 Å². The van der Waals surface area contributed by atoms with Gasteiger partial charge in [-0.15, -0.1) is 0 Å². The van der Waals surface area contributed by atoms with E-state index in [1.807, 2.05) is 13.8 Å². The lowest BCUT2D eigenvalue weighted by molar-refractivity contribution is 0.0773. The van der Waals surface area contributed by atoms with Gasteiger partial charge in [0.25, 0.3) is 5.91 Å². The first-order valence-corrected chi connectivity index (χ1v) is 5.83. The Morgan fingerprint density at radius 2 is 1.88 bits per heavy atom. The maximum atomic E-state index is 12.0. The van der Waals surface area contributed by atoms with Crippen molar-refractivity contribution in [3.63, 3.8) is 0 Å². The highest BCUT2D eigenvalue weighted by Crippen LogP contribution is 2.12. The fourth-order valence-electron chi connectivity index (χ4n) is 1.58. The van der Waals surface area contributed by atoms with Crippen LogP contribution < -0.4 is 5.46 Å². The number of amides is 1. The van der Waals surface area contributed by atoms with Gasteiger partial charge in [-0.3, -0.25) is 4.79 Å². The second kappa shape index (κ2) is 6.05. The van der Waals surface area contributed by atoms with Crippen molar-refractivity contribution < 1.29 is 14.8 Å². The summed E-state index contributed by atoms with van der Waals surface area (Å²) in [5, 5.41) is 18.5. The topological polar surface area (TPSA) is 60.8 Å². The molecule has 2 N–H and O–H groups in total. The van der Waals surface area contributed by atoms with Crippen molar-refractivity contribution in [3.8, 4) is 0 Å². The molecule has 17 heavy (non-hydrogen) atoms. The number of rotatable bonds is 4. The van der Waals surface area contributed by atoms with Crippen LogP contribution in [0.25, 0.3) is 0 Å². The number of hydrogen-bond donors (Lipinski definition) is 2. The molecule has 92 valence electrons. The van der Waals surface area contributed by atoms with E-state index in [0.29, 0.717) is 23.7 Å². The quantitative estimate of drug-likeness (QED) is 0.771. The highest BCUT2D eigenvalue weighted by molar-refractivity contribution is 6.59. The van der Waals surface area contributed by atoms with Gasteiger partial charge in [0.2, 0.25) is 0 Å². The molecule has 0 bridgehead atoms. The van der Waals surface area contributed by atoms with E-state index in [2.05, 4.69) is 0 Å². The van der Waals surface area contributed by atoms with Gasteiger partial charge in [0, 0.05) is 23.7 Å². The third-order valence-electron chi connectivity index (χ3n) is 2.52. The van der Waals surface area contributed by atoms with Crippen molar-refractivity contribution in [2.75, 3.05) is 13.1 Å². The molecular weight excluding hydrogens is 240 g/mol. The van der Waals surface area contributed by atoms with Crippen LogP contribution in [-0.2, 0) is 0 Å². The van der Waals surface area contributed by atoms with Gasteiger partial charge in [0.1, 0.15) is 0 Å². The highest BCUT2D eigenvalue weighted by atomic mass is 35.5. The Kier molecular flexibility index (Phi) is 4.99. The summed E-state index contributed by atoms with van der Waals surface area (Å²) >= 11 is 5.84. The molecule has 1 aromatic rings. The van der Waals surface area contributed by atoms with Crippen LogP contribution in [0.2, 0.25) is 5.02 Å². The summed E-state index contributed by atoms with van der Waals surface area (Å²) in [6.07, 6.45) is 0. The Labute approximate surface area is 106 Å². The lowest BCUT2D eigenvalue weighted by Crippen LogP contribution is -2.34. The zero-order valence-corrected chi connectivity index (χ0v) is 10.6. The second-order valence-corrected chi connectivity index (χ2v) is 4.06. The van der Waals surface area contributed by atoms with Crippen molar-refractivity contribution in [3.05, 3.63) is 28.8 Å². The number of nitrogens with zero attached hydrogens (tertiary/aromatic N) is 1. The van der Waals surface area contributed by atoms with Crippen molar-refractivity contribution in [1.29, 1.82) is 0 Å². The monoisotopic (exact) mass is 255 g/mol. The van der Waals surface area contributed by atoms with Crippen molar-refractivity contribution in [1.82, 2.24) is 4.90 Å². The number of carbonyl (C=O) groups is 1. The SMILES string of the molecule is CCN(CC)C(=O)c1cc(Cl)cc(B(O)O)c1. The largest absolute Gasteiger partial charge is 0.488 e. The molecule has 0 aliphatic rings. The Morgan fingerprint density at radius 1 is 1.29 bits per heavy atom. The first-order chi connectivity index (χ1) is 7.99. The minimum Gasteiger partial charge on any atom is -0.423 e. The van der Waals surface area contributed by atoms with Gasteiger partial charge in [-0.1, -0.05) is 11.6 Å². The van der Waals surface area contributed by atoms with Gasteiger partial charge >= 0.3 is 7.12 Å². The second-order valence-electron chi connectivity index (χ2n) is 3.62. The van der Waals surface area contributed by atoms with Gasteiger partial charge < -0.3 is 14.9 Å². The van der Waals surface area contributed by atoms with E-state index in [1.165, 1.54) is 18.2 Å². The molecule has 1 rings (SSSR count). The number of carbonyl (C=O) groups excluding carboxylic acids is 1. The first-order valence-electron chi connectivity index (χ1n) is 5.45. The highest BCUT2D eigenvalue weighted by Gasteiger charge is 2.18. The lowest BCUT2D eigenvalue weighted by atomic mass is 9.79. The first kappa shape index (κ1) is 14.0. The summed E-state index contributed by atoms with van der Waals surface area (Å²) in [4.78, 5) is 13.7. The van der Waals surface area contributed by atoms with Crippen LogP contribution in [0.15, 0.2) is 18.2 Å². The van der Waals surface area contributed by atoms with E-state index in [4.69, 9.17) is 21.6 Å². The van der Waals surface area contributed by atoms with Crippen LogP contribution in [0.5, 0.6) is 0 Å². The summed E-state index contributed by atoms with van der Waals surface area (Å²) in [5.74, 6) is -0.167. The zero-order chi connectivity index (χ0) is 13.0. The van der Waals surface area contributed by atoms with E-state index in [0.717, 1.165) is 0 Å². The maximum Gasteiger partial charge on any atom is 0.488 e. The summed E-state index contributed by atoms with van der Waals surface area (Å²) in [5.41, 5.74) is 0.581. The predicted molar refractivity (Wildman–Crippen MR) is 68.5 cm³/mol. The molecule has 6 heteroatoms. The Morgan fingerprint density at radius 3 is 2.35 bits per heavy atom. The van der Waals surface area contributed by atoms with Gasteiger partial charge in [-0.2, -0.15) is 0 Å². The summed E-state index contributed by atoms with van der Waals surface area (Å²) in [6.45, 7) is 4.96. The molecule has 0 saturated carbocycles. The van der Waals surface area contributed by atoms with E-state index in [-0.39, 0.29) is 11.4 Å². The molecule has 0 atom stereocenters. The summed E-state index contributed by atoms with van der Waals surface area (Å²) in [6, 6.07) is 4.39. The van der Waals surface area contributed by atoms with Gasteiger partial charge in [0.05, 0.1) is 0 Å². The average molecular weight is 256 g/mol. The zero-order valence-electron chi connectivity index (χ0n) is 9.85. The Balaban J connectivity index is 3.09. The standard InChI is InChI=1S/C11H15BClNO3/c1-3-14(4-2)11(15)8-5-9(12(16)17)7-10(13)6-8/h5-7,16-17H,3-4H2,1-2H3. The predicted octanol–water partition coefficient (Wildman–Crippen LogP) is 0.502. The molecule has 0 unspecified atom stereocenters. The van der Waals surface area contributed by atoms with Crippen LogP contribution in [0.3, 0.4) is 0 Å². The van der Waals surface area contributed by atoms with Gasteiger partial charge in [0.15, 0.2) is 0 Å². The third-order valence-corrected chi connectivity index (χ3v) is 2.73. The van der Waals surface area contributed by atoms with Crippen molar-refractivity contribution in [2.45, 2.75) is 13.8 Å². The molecular formula is C11H15BClNO3. The summed E-state index contributed by atoms with van der Waals surface area (Å²) < 4.78 is 0. The molecule has 1 amide bonds. The van der Waals surface area contributed by atoms with E-state index >= 15 is 0 Å². The van der Waals surface area contributed by atoms with E-state index in [1.54, 1.807) is 4.90 Å².